The minimum Gasteiger partial charge on any atom is -0.481 e. The molecule has 3 aromatic carbocycles. The van der Waals surface area contributed by atoms with E-state index in [1.54, 1.807) is 0 Å². The van der Waals surface area contributed by atoms with E-state index in [1.807, 2.05) is 105 Å². The zero-order valence-corrected chi connectivity index (χ0v) is 22.8. The number of anilines is 1. The van der Waals surface area contributed by atoms with Crippen LogP contribution >= 0.6 is 0 Å². The number of aliphatic hydroxyl groups is 2. The van der Waals surface area contributed by atoms with E-state index in [0.29, 0.717) is 17.8 Å². The average molecular weight is 541 g/mol. The Hall–Kier alpha value is -4.20. The Morgan fingerprint density at radius 3 is 1.90 bits per heavy atom. The molecule has 1 amide bonds. The molecule has 208 valence electrons. The van der Waals surface area contributed by atoms with E-state index in [2.05, 4.69) is 9.88 Å². The molecular weight excluding hydrogens is 504 g/mol. The van der Waals surface area contributed by atoms with Crippen LogP contribution in [0.5, 0.6) is 0 Å². The highest BCUT2D eigenvalue weighted by Gasteiger charge is 2.30. The van der Waals surface area contributed by atoms with Crippen LogP contribution < -0.4 is 5.32 Å². The molecule has 2 atom stereocenters. The molecule has 0 aliphatic carbocycles. The molecule has 7 nitrogen and oxygen atoms in total. The van der Waals surface area contributed by atoms with E-state index in [-0.39, 0.29) is 24.7 Å². The van der Waals surface area contributed by atoms with Gasteiger partial charge < -0.3 is 25.2 Å². The third-order valence-electron chi connectivity index (χ3n) is 6.86. The Labute approximate surface area is 234 Å². The van der Waals surface area contributed by atoms with Crippen molar-refractivity contribution in [1.82, 2.24) is 4.57 Å². The highest BCUT2D eigenvalue weighted by molar-refractivity contribution is 6.12. The smallest absolute Gasteiger partial charge is 0.305 e. The number of carboxylic acid groups (broad SMARTS) is 1. The van der Waals surface area contributed by atoms with Crippen LogP contribution in [0.3, 0.4) is 0 Å². The quantitative estimate of drug-likeness (QED) is 0.172. The summed E-state index contributed by atoms with van der Waals surface area (Å²) in [4.78, 5) is 25.0. The first-order valence-electron chi connectivity index (χ1n) is 13.6. The molecule has 0 aliphatic rings. The van der Waals surface area contributed by atoms with Crippen molar-refractivity contribution in [2.24, 2.45) is 0 Å². The van der Waals surface area contributed by atoms with Gasteiger partial charge in [-0.05, 0) is 42.0 Å². The molecule has 0 spiro atoms. The van der Waals surface area contributed by atoms with Crippen molar-refractivity contribution in [3.63, 3.8) is 0 Å². The topological polar surface area (TPSA) is 112 Å². The first-order valence-corrected chi connectivity index (χ1v) is 13.6. The van der Waals surface area contributed by atoms with Crippen molar-refractivity contribution in [2.45, 2.75) is 57.8 Å². The van der Waals surface area contributed by atoms with Gasteiger partial charge in [0.2, 0.25) is 0 Å². The predicted octanol–water partition coefficient (Wildman–Crippen LogP) is 6.17. The van der Waals surface area contributed by atoms with Gasteiger partial charge in [-0.1, -0.05) is 92.7 Å². The van der Waals surface area contributed by atoms with Crippen LogP contribution in [-0.2, 0) is 11.3 Å². The van der Waals surface area contributed by atoms with Gasteiger partial charge in [-0.2, -0.15) is 0 Å². The minimum atomic E-state index is -1.14. The second kappa shape index (κ2) is 13.2. The molecule has 7 heteroatoms. The van der Waals surface area contributed by atoms with Gasteiger partial charge in [0.1, 0.15) is 0 Å². The number of hydrogen-bond acceptors (Lipinski definition) is 4. The first-order chi connectivity index (χ1) is 19.3. The second-order valence-corrected chi connectivity index (χ2v) is 10.3. The summed E-state index contributed by atoms with van der Waals surface area (Å²) in [7, 11) is 0. The van der Waals surface area contributed by atoms with Gasteiger partial charge >= 0.3 is 5.97 Å². The molecule has 4 rings (SSSR count). The van der Waals surface area contributed by atoms with Crippen LogP contribution in [0.25, 0.3) is 22.4 Å². The predicted molar refractivity (Wildman–Crippen MR) is 157 cm³/mol. The summed E-state index contributed by atoms with van der Waals surface area (Å²) < 4.78 is 2.11. The number of aromatic nitrogens is 1. The molecule has 0 unspecified atom stereocenters. The maximum Gasteiger partial charge on any atom is 0.305 e. The molecule has 0 bridgehead atoms. The lowest BCUT2D eigenvalue weighted by Gasteiger charge is -2.20. The SMILES string of the molecule is CC(C)c1c(C(=O)Nc2ccccc2)c(-c2ccccc2)c(-c2ccccc2)n1CC[C@@H](O)C[C@@H](O)CC(=O)O. The van der Waals surface area contributed by atoms with Crippen molar-refractivity contribution in [2.75, 3.05) is 5.32 Å². The van der Waals surface area contributed by atoms with E-state index >= 15 is 0 Å². The van der Waals surface area contributed by atoms with Crippen LogP contribution in [-0.4, -0.2) is 44.0 Å². The zero-order valence-electron chi connectivity index (χ0n) is 22.8. The fourth-order valence-electron chi connectivity index (χ4n) is 5.19. The number of hydrogen-bond donors (Lipinski definition) is 4. The average Bonchev–Trinajstić information content (AvgIpc) is 3.28. The van der Waals surface area contributed by atoms with Gasteiger partial charge in [-0.3, -0.25) is 9.59 Å². The van der Waals surface area contributed by atoms with Gasteiger partial charge in [0.05, 0.1) is 29.9 Å². The van der Waals surface area contributed by atoms with Gasteiger partial charge in [-0.15, -0.1) is 0 Å². The van der Waals surface area contributed by atoms with Crippen LogP contribution in [0.4, 0.5) is 5.69 Å². The normalized spacial score (nSPS) is 12.7. The summed E-state index contributed by atoms with van der Waals surface area (Å²) in [5.74, 6) is -1.37. The van der Waals surface area contributed by atoms with Crippen molar-refractivity contribution >= 4 is 17.6 Å². The number of aliphatic hydroxyl groups excluding tert-OH is 2. The number of carbonyl (C=O) groups excluding carboxylic acids is 1. The Morgan fingerprint density at radius 2 is 1.35 bits per heavy atom. The molecular formula is C33H36N2O5. The molecule has 0 fully saturated rings. The molecule has 1 aromatic heterocycles. The van der Waals surface area contributed by atoms with Crippen molar-refractivity contribution < 1.29 is 24.9 Å². The lowest BCUT2D eigenvalue weighted by Crippen LogP contribution is -2.22. The molecule has 0 aliphatic heterocycles. The van der Waals surface area contributed by atoms with Gasteiger partial charge in [0.15, 0.2) is 0 Å². The lowest BCUT2D eigenvalue weighted by atomic mass is 9.94. The standard InChI is InChI=1S/C33H36N2O5/c1-22(2)31-30(33(40)34-25-16-10-5-11-17-25)29(23-12-6-3-7-13-23)32(24-14-8-4-9-15-24)35(31)19-18-26(36)20-27(37)21-28(38)39/h3-17,22,26-27,36-37H,18-21H2,1-2H3,(H,34,40)(H,38,39)/t26-,27-/m1/s1. The number of carbonyl (C=O) groups is 2. The van der Waals surface area contributed by atoms with Crippen molar-refractivity contribution in [1.29, 1.82) is 0 Å². The summed E-state index contributed by atoms with van der Waals surface area (Å²) in [6.45, 7) is 4.46. The summed E-state index contributed by atoms with van der Waals surface area (Å²) in [5.41, 5.74) is 5.61. The van der Waals surface area contributed by atoms with E-state index in [0.717, 1.165) is 28.1 Å². The number of rotatable bonds is 12. The van der Waals surface area contributed by atoms with Crippen LogP contribution in [0, 0.1) is 0 Å². The molecule has 4 aromatic rings. The van der Waals surface area contributed by atoms with E-state index in [4.69, 9.17) is 5.11 Å². The van der Waals surface area contributed by atoms with Crippen LogP contribution in [0.15, 0.2) is 91.0 Å². The largest absolute Gasteiger partial charge is 0.481 e. The fraction of sp³-hybridized carbons (Fsp3) is 0.273. The molecule has 0 saturated heterocycles. The molecule has 4 N–H and O–H groups in total. The Kier molecular flexibility index (Phi) is 9.53. The summed E-state index contributed by atoms with van der Waals surface area (Å²) in [6, 6.07) is 29.0. The lowest BCUT2D eigenvalue weighted by molar-refractivity contribution is -0.139. The summed E-state index contributed by atoms with van der Waals surface area (Å²) >= 11 is 0. The highest BCUT2D eigenvalue weighted by Crippen LogP contribution is 2.42. The second-order valence-electron chi connectivity index (χ2n) is 10.3. The molecule has 40 heavy (non-hydrogen) atoms. The first kappa shape index (κ1) is 28.8. The van der Waals surface area contributed by atoms with E-state index in [1.165, 1.54) is 0 Å². The van der Waals surface area contributed by atoms with E-state index in [9.17, 15) is 19.8 Å². The minimum absolute atomic E-state index is 0.0359. The summed E-state index contributed by atoms with van der Waals surface area (Å²) in [5, 5.41) is 32.9. The van der Waals surface area contributed by atoms with Gasteiger partial charge in [0, 0.05) is 23.5 Å². The van der Waals surface area contributed by atoms with Crippen LogP contribution in [0.1, 0.15) is 55.1 Å². The summed E-state index contributed by atoms with van der Waals surface area (Å²) in [6.07, 6.45) is -2.24. The Morgan fingerprint density at radius 1 is 0.800 bits per heavy atom. The fourth-order valence-corrected chi connectivity index (χ4v) is 5.19. The maximum absolute atomic E-state index is 14.1. The Bertz CT molecular complexity index is 1420. The van der Waals surface area contributed by atoms with Crippen molar-refractivity contribution in [3.05, 3.63) is 102 Å². The van der Waals surface area contributed by atoms with E-state index < -0.39 is 24.6 Å². The number of benzene rings is 3. The Balaban J connectivity index is 1.87. The van der Waals surface area contributed by atoms with Crippen molar-refractivity contribution in [3.8, 4) is 22.4 Å². The molecule has 0 saturated carbocycles. The number of aliphatic carboxylic acids is 1. The zero-order chi connectivity index (χ0) is 28.6. The number of nitrogens with one attached hydrogen (secondary N) is 1. The number of amides is 1. The highest BCUT2D eigenvalue weighted by atomic mass is 16.4. The van der Waals surface area contributed by atoms with Gasteiger partial charge in [0.25, 0.3) is 5.91 Å². The molecule has 1 heterocycles. The number of nitrogens with zero attached hydrogens (tertiary/aromatic N) is 1. The number of carboxylic acids is 1. The molecule has 0 radical (unpaired) electrons. The maximum atomic E-state index is 14.1. The number of para-hydroxylation sites is 1. The third kappa shape index (κ3) is 6.86. The van der Waals surface area contributed by atoms with Crippen LogP contribution in [0.2, 0.25) is 0 Å². The monoisotopic (exact) mass is 540 g/mol. The third-order valence-corrected chi connectivity index (χ3v) is 6.86. The van der Waals surface area contributed by atoms with Gasteiger partial charge in [-0.25, -0.2) is 0 Å².